The van der Waals surface area contributed by atoms with Crippen LogP contribution in [0.5, 0.6) is 5.75 Å². The number of hydrogen-bond donors (Lipinski definition) is 3. The molecule has 1 fully saturated rings. The zero-order chi connectivity index (χ0) is 15.8. The van der Waals surface area contributed by atoms with E-state index in [1.807, 2.05) is 0 Å². The molecule has 0 aliphatic carbocycles. The largest absolute Gasteiger partial charge is 0.504 e. The SMILES string of the molecule is CCN1CCCC1Cc1cc(Cl)c(S(N)(=O)=O)c(O)c1N. The molecule has 0 spiro atoms. The topological polar surface area (TPSA) is 110 Å². The number of anilines is 1. The van der Waals surface area contributed by atoms with Crippen molar-refractivity contribution in [1.29, 1.82) is 0 Å². The third kappa shape index (κ3) is 3.26. The molecule has 21 heavy (non-hydrogen) atoms. The highest BCUT2D eigenvalue weighted by Gasteiger charge is 2.27. The van der Waals surface area contributed by atoms with Gasteiger partial charge in [-0.2, -0.15) is 0 Å². The second kappa shape index (κ2) is 6.00. The summed E-state index contributed by atoms with van der Waals surface area (Å²) in [5, 5.41) is 15.0. The Labute approximate surface area is 129 Å². The number of rotatable bonds is 4. The zero-order valence-corrected chi connectivity index (χ0v) is 13.4. The normalized spacial score (nSPS) is 20.0. The molecule has 0 bridgehead atoms. The second-order valence-corrected chi connectivity index (χ2v) is 7.19. The van der Waals surface area contributed by atoms with Gasteiger partial charge in [-0.25, -0.2) is 13.6 Å². The lowest BCUT2D eigenvalue weighted by atomic mass is 10.0. The Morgan fingerprint density at radius 2 is 2.19 bits per heavy atom. The van der Waals surface area contributed by atoms with E-state index in [9.17, 15) is 13.5 Å². The Morgan fingerprint density at radius 3 is 2.76 bits per heavy atom. The quantitative estimate of drug-likeness (QED) is 0.568. The Bertz CT molecular complexity index is 649. The highest BCUT2D eigenvalue weighted by molar-refractivity contribution is 7.89. The molecular weight excluding hydrogens is 314 g/mol. The van der Waals surface area contributed by atoms with E-state index in [2.05, 4.69) is 11.8 Å². The Balaban J connectivity index is 2.39. The van der Waals surface area contributed by atoms with Crippen molar-refractivity contribution in [1.82, 2.24) is 4.90 Å². The fourth-order valence-electron chi connectivity index (χ4n) is 2.92. The van der Waals surface area contributed by atoms with Gasteiger partial charge in [0.1, 0.15) is 4.90 Å². The molecule has 1 saturated heterocycles. The highest BCUT2D eigenvalue weighted by atomic mass is 35.5. The van der Waals surface area contributed by atoms with Crippen LogP contribution in [-0.4, -0.2) is 37.6 Å². The summed E-state index contributed by atoms with van der Waals surface area (Å²) in [5.41, 5.74) is 6.55. The third-order valence-electron chi connectivity index (χ3n) is 3.98. The van der Waals surface area contributed by atoms with Gasteiger partial charge in [-0.1, -0.05) is 18.5 Å². The summed E-state index contributed by atoms with van der Waals surface area (Å²) >= 11 is 5.96. The second-order valence-electron chi connectivity index (χ2n) is 5.28. The van der Waals surface area contributed by atoms with E-state index < -0.39 is 20.7 Å². The maximum absolute atomic E-state index is 11.5. The molecule has 8 heteroatoms. The monoisotopic (exact) mass is 333 g/mol. The van der Waals surface area contributed by atoms with Gasteiger partial charge < -0.3 is 15.7 Å². The Kier molecular flexibility index (Phi) is 4.67. The van der Waals surface area contributed by atoms with Gasteiger partial charge in [0.15, 0.2) is 5.75 Å². The average Bonchev–Trinajstić information content (AvgIpc) is 2.81. The number of likely N-dealkylation sites (tertiary alicyclic amines) is 1. The molecule has 6 nitrogen and oxygen atoms in total. The fourth-order valence-corrected chi connectivity index (χ4v) is 4.17. The predicted molar refractivity (Wildman–Crippen MR) is 82.9 cm³/mol. The molecule has 0 saturated carbocycles. The van der Waals surface area contributed by atoms with Crippen molar-refractivity contribution in [3.63, 3.8) is 0 Å². The summed E-state index contributed by atoms with van der Waals surface area (Å²) in [7, 11) is -4.12. The number of nitrogen functional groups attached to an aromatic ring is 1. The number of nitrogens with zero attached hydrogens (tertiary/aromatic N) is 1. The molecule has 5 N–H and O–H groups in total. The molecular formula is C13H20ClN3O3S. The summed E-state index contributed by atoms with van der Waals surface area (Å²) in [4.78, 5) is 1.82. The Hall–Kier alpha value is -1.02. The number of phenols is 1. The van der Waals surface area contributed by atoms with Gasteiger partial charge in [0.05, 0.1) is 10.7 Å². The summed E-state index contributed by atoms with van der Waals surface area (Å²) in [6, 6.07) is 1.82. The van der Waals surface area contributed by atoms with Crippen molar-refractivity contribution >= 4 is 27.3 Å². The maximum Gasteiger partial charge on any atom is 0.243 e. The highest BCUT2D eigenvalue weighted by Crippen LogP contribution is 2.38. The van der Waals surface area contributed by atoms with Crippen LogP contribution in [0.4, 0.5) is 5.69 Å². The lowest BCUT2D eigenvalue weighted by Crippen LogP contribution is -2.31. The summed E-state index contributed by atoms with van der Waals surface area (Å²) in [5.74, 6) is -0.555. The van der Waals surface area contributed by atoms with Crippen LogP contribution in [0.25, 0.3) is 0 Å². The number of halogens is 1. The molecule has 1 unspecified atom stereocenters. The predicted octanol–water partition coefficient (Wildman–Crippen LogP) is 1.30. The van der Waals surface area contributed by atoms with Crippen molar-refractivity contribution in [2.75, 3.05) is 18.8 Å². The molecule has 1 aromatic carbocycles. The minimum Gasteiger partial charge on any atom is -0.504 e. The van der Waals surface area contributed by atoms with Crippen LogP contribution in [0.1, 0.15) is 25.3 Å². The van der Waals surface area contributed by atoms with Crippen LogP contribution in [-0.2, 0) is 16.4 Å². The molecule has 1 aliphatic heterocycles. The molecule has 0 radical (unpaired) electrons. The first-order valence-electron chi connectivity index (χ1n) is 6.82. The van der Waals surface area contributed by atoms with E-state index in [0.717, 1.165) is 25.9 Å². The van der Waals surface area contributed by atoms with Gasteiger partial charge in [0.25, 0.3) is 0 Å². The van der Waals surface area contributed by atoms with Crippen LogP contribution in [0.3, 0.4) is 0 Å². The fraction of sp³-hybridized carbons (Fsp3) is 0.538. The van der Waals surface area contributed by atoms with E-state index in [-0.39, 0.29) is 10.7 Å². The third-order valence-corrected chi connectivity index (χ3v) is 5.37. The Morgan fingerprint density at radius 1 is 1.52 bits per heavy atom. The lowest BCUT2D eigenvalue weighted by Gasteiger charge is -2.24. The standard InChI is InChI=1S/C13H20ClN3O3S/c1-2-17-5-3-4-9(17)6-8-7-10(14)13(21(16,19)20)12(18)11(8)15/h7,9,18H,2-6,15H2,1H3,(H2,16,19,20). The van der Waals surface area contributed by atoms with Crippen LogP contribution in [0, 0.1) is 0 Å². The first-order chi connectivity index (χ1) is 9.75. The van der Waals surface area contributed by atoms with E-state index in [1.54, 1.807) is 0 Å². The number of sulfonamides is 1. The van der Waals surface area contributed by atoms with Crippen molar-refractivity contribution < 1.29 is 13.5 Å². The number of aromatic hydroxyl groups is 1. The first kappa shape index (κ1) is 16.4. The number of benzene rings is 1. The van der Waals surface area contributed by atoms with Gasteiger partial charge >= 0.3 is 0 Å². The molecule has 1 aromatic rings. The van der Waals surface area contributed by atoms with Crippen molar-refractivity contribution in [2.24, 2.45) is 5.14 Å². The summed E-state index contributed by atoms with van der Waals surface area (Å²) in [6.45, 7) is 4.08. The smallest absolute Gasteiger partial charge is 0.243 e. The van der Waals surface area contributed by atoms with Crippen LogP contribution in [0.15, 0.2) is 11.0 Å². The van der Waals surface area contributed by atoms with Crippen LogP contribution >= 0.6 is 11.6 Å². The van der Waals surface area contributed by atoms with Crippen LogP contribution in [0.2, 0.25) is 5.02 Å². The molecule has 2 rings (SSSR count). The maximum atomic E-state index is 11.5. The van der Waals surface area contributed by atoms with Gasteiger partial charge in [-0.05, 0) is 44.0 Å². The average molecular weight is 334 g/mol. The molecule has 1 heterocycles. The van der Waals surface area contributed by atoms with Crippen molar-refractivity contribution in [2.45, 2.75) is 37.1 Å². The minimum atomic E-state index is -4.12. The van der Waals surface area contributed by atoms with Crippen LogP contribution < -0.4 is 10.9 Å². The van der Waals surface area contributed by atoms with E-state index >= 15 is 0 Å². The summed E-state index contributed by atoms with van der Waals surface area (Å²) < 4.78 is 22.9. The number of hydrogen-bond acceptors (Lipinski definition) is 5. The van der Waals surface area contributed by atoms with Gasteiger partial charge in [-0.15, -0.1) is 0 Å². The molecule has 0 aromatic heterocycles. The number of phenolic OH excluding ortho intramolecular Hbond substituents is 1. The molecule has 1 aliphatic rings. The molecule has 118 valence electrons. The lowest BCUT2D eigenvalue weighted by molar-refractivity contribution is 0.266. The molecule has 0 amide bonds. The minimum absolute atomic E-state index is 0.0337. The van der Waals surface area contributed by atoms with Crippen molar-refractivity contribution in [3.8, 4) is 5.75 Å². The summed E-state index contributed by atoms with van der Waals surface area (Å²) in [6.07, 6.45) is 2.79. The van der Waals surface area contributed by atoms with E-state index in [1.165, 1.54) is 6.07 Å². The van der Waals surface area contributed by atoms with Gasteiger partial charge in [0.2, 0.25) is 10.0 Å². The number of likely N-dealkylation sites (N-methyl/N-ethyl adjacent to an activating group) is 1. The van der Waals surface area contributed by atoms with Crippen molar-refractivity contribution in [3.05, 3.63) is 16.7 Å². The zero-order valence-electron chi connectivity index (χ0n) is 11.8. The van der Waals surface area contributed by atoms with Gasteiger partial charge in [-0.3, -0.25) is 0 Å². The molecule has 1 atom stereocenters. The van der Waals surface area contributed by atoms with Gasteiger partial charge in [0, 0.05) is 6.04 Å². The van der Waals surface area contributed by atoms with E-state index in [4.69, 9.17) is 22.5 Å². The first-order valence-corrected chi connectivity index (χ1v) is 8.74. The van der Waals surface area contributed by atoms with E-state index in [0.29, 0.717) is 18.0 Å². The number of nitrogens with two attached hydrogens (primary N) is 2. The number of primary sulfonamides is 1.